The maximum Gasteiger partial charge on any atom is 0.508 e. The van der Waals surface area contributed by atoms with Crippen molar-refractivity contribution in [3.63, 3.8) is 0 Å². The number of unbranched alkanes of at least 4 members (excludes halogenated alkanes) is 4. The molecule has 0 saturated heterocycles. The first-order valence-corrected chi connectivity index (χ1v) is 16.1. The van der Waals surface area contributed by atoms with Crippen LogP contribution in [0.1, 0.15) is 71.1 Å². The van der Waals surface area contributed by atoms with E-state index in [1.807, 2.05) is 21.1 Å². The van der Waals surface area contributed by atoms with Gasteiger partial charge in [0.15, 0.2) is 0 Å². The van der Waals surface area contributed by atoms with E-state index in [0.717, 1.165) is 32.1 Å². The minimum atomic E-state index is -4.21. The molecule has 0 heterocycles. The highest BCUT2D eigenvalue weighted by atomic mass is 31.2. The van der Waals surface area contributed by atoms with Gasteiger partial charge in [0.05, 0.1) is 34.3 Å². The predicted octanol–water partition coefficient (Wildman–Crippen LogP) is 6.24. The van der Waals surface area contributed by atoms with Crippen molar-refractivity contribution >= 4 is 19.9 Å². The molecule has 0 aromatic rings. The van der Waals surface area contributed by atoms with Crippen molar-refractivity contribution in [1.82, 2.24) is 5.32 Å². The Labute approximate surface area is 247 Å². The summed E-state index contributed by atoms with van der Waals surface area (Å²) in [7, 11) is 1.56. The van der Waals surface area contributed by atoms with Crippen molar-refractivity contribution in [3.8, 4) is 0 Å². The summed E-state index contributed by atoms with van der Waals surface area (Å²) >= 11 is 0. The fourth-order valence-corrected chi connectivity index (χ4v) is 3.83. The fourth-order valence-electron chi connectivity index (χ4n) is 3.14. The van der Waals surface area contributed by atoms with E-state index < -0.39 is 14.0 Å². The Morgan fingerprint density at radius 1 is 0.756 bits per heavy atom. The fraction of sp³-hybridized carbons (Fsp3) is 0.667. The van der Waals surface area contributed by atoms with Gasteiger partial charge >= 0.3 is 14.0 Å². The van der Waals surface area contributed by atoms with E-state index in [9.17, 15) is 19.0 Å². The molecule has 0 fully saturated rings. The molecule has 2 N–H and O–H groups in total. The van der Waals surface area contributed by atoms with Crippen LogP contribution < -0.4 is 5.32 Å². The van der Waals surface area contributed by atoms with Gasteiger partial charge in [-0.25, -0.2) is 9.36 Å². The first-order chi connectivity index (χ1) is 19.6. The molecule has 0 aliphatic heterocycles. The SMILES string of the molecule is CCCCC/C=C\C/C=C\C/C=C\C/C=C\CCCC(=O)NCCOC(=O)OCCOP(=O)(O)OCC[N+](C)(C)C. The van der Waals surface area contributed by atoms with E-state index in [1.54, 1.807) is 0 Å². The molecule has 10 nitrogen and oxygen atoms in total. The zero-order chi connectivity index (χ0) is 30.7. The maximum absolute atomic E-state index is 11.9. The number of allylic oxidation sites excluding steroid dienone is 8. The van der Waals surface area contributed by atoms with E-state index in [1.165, 1.54) is 25.7 Å². The van der Waals surface area contributed by atoms with Gasteiger partial charge in [0.2, 0.25) is 5.91 Å². The summed E-state index contributed by atoms with van der Waals surface area (Å²) in [5.41, 5.74) is 0. The number of amides is 1. The van der Waals surface area contributed by atoms with E-state index in [4.69, 9.17) is 18.5 Å². The van der Waals surface area contributed by atoms with Crippen LogP contribution in [-0.2, 0) is 27.9 Å². The zero-order valence-electron chi connectivity index (χ0n) is 25.6. The number of carbonyl (C=O) groups excluding carboxylic acids is 2. The average molecular weight is 602 g/mol. The number of carbonyl (C=O) groups is 2. The van der Waals surface area contributed by atoms with Gasteiger partial charge in [-0.1, -0.05) is 68.4 Å². The lowest BCUT2D eigenvalue weighted by Crippen LogP contribution is -2.37. The third-order valence-electron chi connectivity index (χ3n) is 5.45. The van der Waals surface area contributed by atoms with Crippen molar-refractivity contribution in [3.05, 3.63) is 48.6 Å². The van der Waals surface area contributed by atoms with Crippen LogP contribution in [0.2, 0.25) is 0 Å². The molecule has 0 bridgehead atoms. The number of phosphoric acid groups is 1. The van der Waals surface area contributed by atoms with Gasteiger partial charge in [0.25, 0.3) is 0 Å². The number of nitrogens with zero attached hydrogens (tertiary/aromatic N) is 1. The molecule has 236 valence electrons. The van der Waals surface area contributed by atoms with Crippen molar-refractivity contribution in [1.29, 1.82) is 0 Å². The lowest BCUT2D eigenvalue weighted by atomic mass is 10.2. The smallest absolute Gasteiger partial charge is 0.432 e. The second-order valence-corrected chi connectivity index (χ2v) is 11.9. The summed E-state index contributed by atoms with van der Waals surface area (Å²) in [5, 5.41) is 2.68. The Morgan fingerprint density at radius 3 is 1.88 bits per heavy atom. The number of hydrogen-bond donors (Lipinski definition) is 2. The topological polar surface area (TPSA) is 120 Å². The number of hydrogen-bond acceptors (Lipinski definition) is 7. The molecule has 0 radical (unpaired) electrons. The standard InChI is InChI=1S/C30H53N2O8P/c1-5-6-7-8-9-10-11-12-13-14-15-16-17-18-19-20-21-22-29(33)31-23-25-37-30(34)38-27-28-40-41(35,36)39-26-24-32(2,3)4/h9-10,12-13,15-16,18-19H,5-8,11,14,17,20-28H2,1-4H3,(H-,31,33,35,36)/p+1/b10-9-,13-12-,16-15-,19-18-. The molecule has 1 unspecified atom stereocenters. The largest absolute Gasteiger partial charge is 0.508 e. The molecular formula is C30H54N2O8P+. The van der Waals surface area contributed by atoms with Crippen LogP contribution >= 0.6 is 7.82 Å². The van der Waals surface area contributed by atoms with Gasteiger partial charge < -0.3 is 24.2 Å². The van der Waals surface area contributed by atoms with E-state index in [-0.39, 0.29) is 38.9 Å². The molecule has 1 amide bonds. The molecular weight excluding hydrogens is 547 g/mol. The van der Waals surface area contributed by atoms with Crippen LogP contribution in [0.4, 0.5) is 4.79 Å². The normalized spacial score (nSPS) is 13.9. The molecule has 0 aromatic heterocycles. The van der Waals surface area contributed by atoms with Crippen LogP contribution in [-0.4, -0.2) is 82.1 Å². The highest BCUT2D eigenvalue weighted by Crippen LogP contribution is 2.42. The number of likely N-dealkylation sites (N-methyl/N-ethyl adjacent to an activating group) is 1. The highest BCUT2D eigenvalue weighted by molar-refractivity contribution is 7.47. The molecule has 11 heteroatoms. The second-order valence-electron chi connectivity index (χ2n) is 10.4. The van der Waals surface area contributed by atoms with Gasteiger partial charge in [0.1, 0.15) is 26.4 Å². The van der Waals surface area contributed by atoms with Gasteiger partial charge in [-0.2, -0.15) is 0 Å². The van der Waals surface area contributed by atoms with Crippen molar-refractivity contribution in [2.75, 3.05) is 60.7 Å². The first kappa shape index (κ1) is 38.8. The Kier molecular flexibility index (Phi) is 24.1. The number of quaternary nitrogens is 1. The second kappa shape index (κ2) is 25.5. The summed E-state index contributed by atoms with van der Waals surface area (Å²) in [6, 6.07) is 0. The summed E-state index contributed by atoms with van der Waals surface area (Å²) in [6.45, 7) is 2.33. The van der Waals surface area contributed by atoms with Crippen molar-refractivity contribution in [2.45, 2.75) is 71.1 Å². The first-order valence-electron chi connectivity index (χ1n) is 14.6. The predicted molar refractivity (Wildman–Crippen MR) is 163 cm³/mol. The van der Waals surface area contributed by atoms with Gasteiger partial charge in [-0.05, 0) is 44.9 Å². The minimum Gasteiger partial charge on any atom is -0.432 e. The lowest BCUT2D eigenvalue weighted by Gasteiger charge is -2.23. The molecule has 0 saturated carbocycles. The van der Waals surface area contributed by atoms with Gasteiger partial charge in [-0.15, -0.1) is 0 Å². The molecule has 41 heavy (non-hydrogen) atoms. The molecule has 0 aromatic carbocycles. The lowest BCUT2D eigenvalue weighted by molar-refractivity contribution is -0.870. The van der Waals surface area contributed by atoms with Crippen LogP contribution in [0.5, 0.6) is 0 Å². The van der Waals surface area contributed by atoms with Gasteiger partial charge in [-0.3, -0.25) is 13.8 Å². The summed E-state index contributed by atoms with van der Waals surface area (Å²) < 4.78 is 31.5. The van der Waals surface area contributed by atoms with E-state index in [2.05, 4.69) is 60.8 Å². The number of nitrogens with one attached hydrogen (secondary N) is 1. The molecule has 1 atom stereocenters. The Balaban J connectivity index is 3.66. The highest BCUT2D eigenvalue weighted by Gasteiger charge is 2.22. The van der Waals surface area contributed by atoms with E-state index >= 15 is 0 Å². The summed E-state index contributed by atoms with van der Waals surface area (Å²) in [5.74, 6) is -0.116. The van der Waals surface area contributed by atoms with Gasteiger partial charge in [0, 0.05) is 6.42 Å². The Bertz CT molecular complexity index is 850. The third-order valence-corrected chi connectivity index (χ3v) is 6.47. The molecule has 0 aliphatic carbocycles. The average Bonchev–Trinajstić information content (AvgIpc) is 2.90. The monoisotopic (exact) mass is 601 g/mol. The molecule has 0 aliphatic rings. The molecule has 0 rings (SSSR count). The number of ether oxygens (including phenoxy) is 2. The number of rotatable bonds is 25. The van der Waals surface area contributed by atoms with Crippen LogP contribution in [0.3, 0.4) is 0 Å². The Hall–Kier alpha value is -2.23. The van der Waals surface area contributed by atoms with Crippen molar-refractivity contribution in [2.24, 2.45) is 0 Å². The van der Waals surface area contributed by atoms with Crippen LogP contribution in [0, 0.1) is 0 Å². The minimum absolute atomic E-state index is 0.0464. The van der Waals surface area contributed by atoms with Crippen LogP contribution in [0.25, 0.3) is 0 Å². The summed E-state index contributed by atoms with van der Waals surface area (Å²) in [4.78, 5) is 33.0. The zero-order valence-corrected chi connectivity index (χ0v) is 26.5. The maximum atomic E-state index is 11.9. The third kappa shape index (κ3) is 30.6. The number of phosphoric ester groups is 1. The quantitative estimate of drug-likeness (QED) is 0.0415. The van der Waals surface area contributed by atoms with Crippen LogP contribution in [0.15, 0.2) is 48.6 Å². The molecule has 0 spiro atoms. The van der Waals surface area contributed by atoms with Crippen molar-refractivity contribution < 1.29 is 42.1 Å². The summed E-state index contributed by atoms with van der Waals surface area (Å²) in [6.07, 6.45) is 26.2. The Morgan fingerprint density at radius 2 is 1.29 bits per heavy atom. The van der Waals surface area contributed by atoms with E-state index in [0.29, 0.717) is 17.4 Å².